The Morgan fingerprint density at radius 1 is 1.07 bits per heavy atom. The Kier molecular flexibility index (Phi) is 6.20. The third-order valence-corrected chi connectivity index (χ3v) is 5.76. The summed E-state index contributed by atoms with van der Waals surface area (Å²) in [7, 11) is 0. The Balaban J connectivity index is 1.59. The average Bonchev–Trinajstić information content (AvgIpc) is 3.19. The lowest BCUT2D eigenvalue weighted by molar-refractivity contribution is -0.125. The van der Waals surface area contributed by atoms with Crippen LogP contribution in [-0.4, -0.2) is 21.9 Å². The molecule has 0 spiro atoms. The highest BCUT2D eigenvalue weighted by Crippen LogP contribution is 2.25. The molecule has 29 heavy (non-hydrogen) atoms. The van der Waals surface area contributed by atoms with E-state index < -0.39 is 0 Å². The van der Waals surface area contributed by atoms with Gasteiger partial charge in [-0.3, -0.25) is 4.79 Å². The van der Waals surface area contributed by atoms with Gasteiger partial charge in [-0.15, -0.1) is 0 Å². The molecular weight excluding hydrogens is 428 g/mol. The van der Waals surface area contributed by atoms with Crippen LogP contribution < -0.4 is 5.43 Å². The molecule has 1 amide bonds. The second-order valence-corrected chi connectivity index (χ2v) is 8.20. The van der Waals surface area contributed by atoms with Crippen molar-refractivity contribution < 1.29 is 4.79 Å². The molecule has 1 N–H and O–H groups in total. The van der Waals surface area contributed by atoms with Crippen molar-refractivity contribution in [2.24, 2.45) is 11.0 Å². The van der Waals surface area contributed by atoms with Gasteiger partial charge < -0.3 is 0 Å². The summed E-state index contributed by atoms with van der Waals surface area (Å²) in [5, 5.41) is 9.01. The van der Waals surface area contributed by atoms with Crippen molar-refractivity contribution in [3.05, 3.63) is 70.8 Å². The lowest BCUT2D eigenvalue weighted by atomic mass is 9.89. The Morgan fingerprint density at radius 3 is 2.52 bits per heavy atom. The Bertz CT molecular complexity index is 989. The van der Waals surface area contributed by atoms with E-state index in [1.54, 1.807) is 6.21 Å². The van der Waals surface area contributed by atoms with Gasteiger partial charge in [-0.1, -0.05) is 65.5 Å². The normalized spacial score (nSPS) is 14.9. The van der Waals surface area contributed by atoms with E-state index in [0.717, 1.165) is 52.7 Å². The maximum atomic E-state index is 12.4. The van der Waals surface area contributed by atoms with Gasteiger partial charge in [-0.25, -0.2) is 10.1 Å². The van der Waals surface area contributed by atoms with Crippen LogP contribution in [0.3, 0.4) is 0 Å². The zero-order valence-corrected chi connectivity index (χ0v) is 17.7. The summed E-state index contributed by atoms with van der Waals surface area (Å²) in [6.07, 6.45) is 9.00. The van der Waals surface area contributed by atoms with Crippen molar-refractivity contribution >= 4 is 28.1 Å². The van der Waals surface area contributed by atoms with E-state index in [0.29, 0.717) is 0 Å². The minimum absolute atomic E-state index is 0.0154. The molecule has 5 nitrogen and oxygen atoms in total. The molecule has 6 heteroatoms. The molecule has 0 aliphatic heterocycles. The summed E-state index contributed by atoms with van der Waals surface area (Å²) in [5.41, 5.74) is 6.35. The zero-order chi connectivity index (χ0) is 20.1. The molecule has 0 atom stereocenters. The number of hydrogen-bond donors (Lipinski definition) is 1. The van der Waals surface area contributed by atoms with Gasteiger partial charge in [-0.2, -0.15) is 10.2 Å². The number of nitrogens with one attached hydrogen (secondary N) is 1. The highest BCUT2D eigenvalue weighted by molar-refractivity contribution is 9.10. The van der Waals surface area contributed by atoms with Crippen LogP contribution in [0.2, 0.25) is 0 Å². The predicted octanol–water partition coefficient (Wildman–Crippen LogP) is 5.33. The number of rotatable bonds is 5. The number of carbonyl (C=O) groups is 1. The monoisotopic (exact) mass is 450 g/mol. The van der Waals surface area contributed by atoms with Crippen molar-refractivity contribution in [3.8, 4) is 16.9 Å². The van der Waals surface area contributed by atoms with Crippen LogP contribution in [0, 0.1) is 5.92 Å². The maximum Gasteiger partial charge on any atom is 0.243 e. The second kappa shape index (κ2) is 9.18. The number of carbonyl (C=O) groups excluding carboxylic acids is 1. The van der Waals surface area contributed by atoms with E-state index in [1.165, 1.54) is 6.42 Å². The van der Waals surface area contributed by atoms with E-state index >= 15 is 0 Å². The summed E-state index contributed by atoms with van der Waals surface area (Å²) < 4.78 is 2.85. The molecule has 4 rings (SSSR count). The SMILES string of the molecule is O=C(N/N=C/c1cn(-c2ccccc2)nc1-c1ccc(Br)cc1)C1CCCCC1. The highest BCUT2D eigenvalue weighted by Gasteiger charge is 2.20. The first-order valence-electron chi connectivity index (χ1n) is 9.94. The van der Waals surface area contributed by atoms with Gasteiger partial charge in [-0.05, 0) is 37.1 Å². The van der Waals surface area contributed by atoms with Gasteiger partial charge in [0, 0.05) is 27.7 Å². The van der Waals surface area contributed by atoms with Gasteiger partial charge >= 0.3 is 0 Å². The molecule has 0 saturated heterocycles. The third kappa shape index (κ3) is 4.82. The molecule has 1 heterocycles. The summed E-state index contributed by atoms with van der Waals surface area (Å²) in [6, 6.07) is 18.0. The number of para-hydroxylation sites is 1. The minimum atomic E-state index is 0.0154. The van der Waals surface area contributed by atoms with Crippen molar-refractivity contribution in [1.82, 2.24) is 15.2 Å². The molecule has 148 valence electrons. The molecule has 1 aliphatic carbocycles. The molecular formula is C23H23BrN4O. The van der Waals surface area contributed by atoms with E-state index in [-0.39, 0.29) is 11.8 Å². The molecule has 3 aromatic rings. The van der Waals surface area contributed by atoms with E-state index in [2.05, 4.69) is 26.5 Å². The number of halogens is 1. The van der Waals surface area contributed by atoms with Crippen LogP contribution in [0.4, 0.5) is 0 Å². The van der Waals surface area contributed by atoms with Crippen LogP contribution in [0.5, 0.6) is 0 Å². The fourth-order valence-corrected chi connectivity index (χ4v) is 3.91. The Hall–Kier alpha value is -2.73. The average molecular weight is 451 g/mol. The fourth-order valence-electron chi connectivity index (χ4n) is 3.65. The fraction of sp³-hybridized carbons (Fsp3) is 0.261. The number of benzene rings is 2. The van der Waals surface area contributed by atoms with Gasteiger partial charge in [0.2, 0.25) is 5.91 Å². The second-order valence-electron chi connectivity index (χ2n) is 7.29. The van der Waals surface area contributed by atoms with Crippen molar-refractivity contribution in [2.75, 3.05) is 0 Å². The van der Waals surface area contributed by atoms with Crippen LogP contribution >= 0.6 is 15.9 Å². The smallest absolute Gasteiger partial charge is 0.243 e. The summed E-state index contributed by atoms with van der Waals surface area (Å²) >= 11 is 3.47. The standard InChI is InChI=1S/C23H23BrN4O/c24-20-13-11-17(12-14-20)22-19(16-28(27-22)21-9-5-2-6-10-21)15-25-26-23(29)18-7-3-1-4-8-18/h2,5-6,9-16,18H,1,3-4,7-8H2,(H,26,29)/b25-15+. The molecule has 1 saturated carbocycles. The number of aromatic nitrogens is 2. The molecule has 1 aromatic heterocycles. The number of amides is 1. The van der Waals surface area contributed by atoms with E-state index in [4.69, 9.17) is 5.10 Å². The molecule has 0 bridgehead atoms. The van der Waals surface area contributed by atoms with Crippen LogP contribution in [0.1, 0.15) is 37.7 Å². The third-order valence-electron chi connectivity index (χ3n) is 5.24. The van der Waals surface area contributed by atoms with Crippen LogP contribution in [0.25, 0.3) is 16.9 Å². The number of hydrogen-bond acceptors (Lipinski definition) is 3. The Morgan fingerprint density at radius 2 is 1.79 bits per heavy atom. The zero-order valence-electron chi connectivity index (χ0n) is 16.1. The van der Waals surface area contributed by atoms with Crippen molar-refractivity contribution in [1.29, 1.82) is 0 Å². The van der Waals surface area contributed by atoms with Crippen molar-refractivity contribution in [2.45, 2.75) is 32.1 Å². The summed E-state index contributed by atoms with van der Waals surface area (Å²) in [5.74, 6) is 0.0977. The summed E-state index contributed by atoms with van der Waals surface area (Å²) in [4.78, 5) is 12.4. The highest BCUT2D eigenvalue weighted by atomic mass is 79.9. The maximum absolute atomic E-state index is 12.4. The largest absolute Gasteiger partial charge is 0.273 e. The molecule has 0 unspecified atom stereocenters. The summed E-state index contributed by atoms with van der Waals surface area (Å²) in [6.45, 7) is 0. The van der Waals surface area contributed by atoms with E-state index in [1.807, 2.05) is 65.5 Å². The number of hydrazone groups is 1. The first-order chi connectivity index (χ1) is 14.2. The van der Waals surface area contributed by atoms with Gasteiger partial charge in [0.05, 0.1) is 11.9 Å². The van der Waals surface area contributed by atoms with Gasteiger partial charge in [0.1, 0.15) is 5.69 Å². The lowest BCUT2D eigenvalue weighted by Crippen LogP contribution is -2.28. The minimum Gasteiger partial charge on any atom is -0.273 e. The molecule has 1 aliphatic rings. The number of nitrogens with zero attached hydrogens (tertiary/aromatic N) is 3. The topological polar surface area (TPSA) is 59.3 Å². The van der Waals surface area contributed by atoms with Gasteiger partial charge in [0.25, 0.3) is 0 Å². The first-order valence-corrected chi connectivity index (χ1v) is 10.7. The van der Waals surface area contributed by atoms with Crippen LogP contribution in [-0.2, 0) is 4.79 Å². The molecule has 2 aromatic carbocycles. The Labute approximate surface area is 179 Å². The molecule has 1 fully saturated rings. The van der Waals surface area contributed by atoms with Gasteiger partial charge in [0.15, 0.2) is 0 Å². The quantitative estimate of drug-likeness (QED) is 0.421. The van der Waals surface area contributed by atoms with Crippen molar-refractivity contribution in [3.63, 3.8) is 0 Å². The van der Waals surface area contributed by atoms with Crippen LogP contribution in [0.15, 0.2) is 70.4 Å². The van der Waals surface area contributed by atoms with E-state index in [9.17, 15) is 4.79 Å². The first kappa shape index (κ1) is 19.6. The predicted molar refractivity (Wildman–Crippen MR) is 119 cm³/mol. The molecule has 0 radical (unpaired) electrons. The lowest BCUT2D eigenvalue weighted by Gasteiger charge is -2.19.